The second-order valence-corrected chi connectivity index (χ2v) is 6.05. The van der Waals surface area contributed by atoms with Crippen LogP contribution in [-0.4, -0.2) is 33.6 Å². The molecule has 1 atom stereocenters. The van der Waals surface area contributed by atoms with E-state index in [-0.39, 0.29) is 23.6 Å². The van der Waals surface area contributed by atoms with Gasteiger partial charge in [0.1, 0.15) is 6.54 Å². The summed E-state index contributed by atoms with van der Waals surface area (Å²) < 4.78 is 1.82. The highest BCUT2D eigenvalue weighted by Gasteiger charge is 2.26. The number of aromatic nitrogens is 1. The van der Waals surface area contributed by atoms with Crippen molar-refractivity contribution < 1.29 is 9.59 Å². The van der Waals surface area contributed by atoms with E-state index in [1.54, 1.807) is 6.20 Å². The molecule has 1 unspecified atom stereocenters. The Hall–Kier alpha value is -2.08. The summed E-state index contributed by atoms with van der Waals surface area (Å²) >= 11 is 1.27. The number of hydrogen-bond donors (Lipinski definition) is 2. The van der Waals surface area contributed by atoms with E-state index in [4.69, 9.17) is 5.41 Å². The van der Waals surface area contributed by atoms with Gasteiger partial charge in [-0.1, -0.05) is 30.0 Å². The van der Waals surface area contributed by atoms with Crippen molar-refractivity contribution in [1.29, 1.82) is 5.41 Å². The Labute approximate surface area is 126 Å². The monoisotopic (exact) mass is 301 g/mol. The molecule has 1 amide bonds. The highest BCUT2D eigenvalue weighted by molar-refractivity contribution is 8.14. The number of hydrogen-bond acceptors (Lipinski definition) is 4. The maximum absolute atomic E-state index is 12.1. The summed E-state index contributed by atoms with van der Waals surface area (Å²) in [4.78, 5) is 23.6. The van der Waals surface area contributed by atoms with Gasteiger partial charge in [-0.2, -0.15) is 0 Å². The van der Waals surface area contributed by atoms with Crippen LogP contribution < -0.4 is 5.32 Å². The molecule has 2 heterocycles. The maximum Gasteiger partial charge on any atom is 0.240 e. The van der Waals surface area contributed by atoms with E-state index in [0.717, 1.165) is 22.2 Å². The van der Waals surface area contributed by atoms with E-state index >= 15 is 0 Å². The average Bonchev–Trinajstić information content (AvgIpc) is 3.04. The molecule has 1 aliphatic heterocycles. The third-order valence-electron chi connectivity index (χ3n) is 3.56. The van der Waals surface area contributed by atoms with Gasteiger partial charge in [0.05, 0.1) is 6.04 Å². The van der Waals surface area contributed by atoms with Gasteiger partial charge < -0.3 is 15.3 Å². The molecule has 1 fully saturated rings. The second-order valence-electron chi connectivity index (χ2n) is 4.95. The summed E-state index contributed by atoms with van der Waals surface area (Å²) in [5, 5.41) is 11.2. The van der Waals surface area contributed by atoms with Crippen LogP contribution in [-0.2, 0) is 16.1 Å². The number of amides is 1. The van der Waals surface area contributed by atoms with Crippen molar-refractivity contribution >= 4 is 39.9 Å². The average molecular weight is 301 g/mol. The number of benzene rings is 1. The smallest absolute Gasteiger partial charge is 0.240 e. The molecule has 1 aliphatic rings. The van der Waals surface area contributed by atoms with Gasteiger partial charge in [0.15, 0.2) is 0 Å². The lowest BCUT2D eigenvalue weighted by atomic mass is 10.2. The van der Waals surface area contributed by atoms with Crippen molar-refractivity contribution in [2.45, 2.75) is 19.0 Å². The van der Waals surface area contributed by atoms with Gasteiger partial charge in [-0.15, -0.1) is 0 Å². The molecule has 2 N–H and O–H groups in total. The van der Waals surface area contributed by atoms with Crippen molar-refractivity contribution in [1.82, 2.24) is 9.88 Å². The number of carbonyl (C=O) groups is 2. The van der Waals surface area contributed by atoms with E-state index in [1.807, 2.05) is 28.8 Å². The van der Waals surface area contributed by atoms with E-state index in [2.05, 4.69) is 5.32 Å². The predicted molar refractivity (Wildman–Crippen MR) is 83.8 cm³/mol. The molecule has 0 radical (unpaired) electrons. The van der Waals surface area contributed by atoms with Gasteiger partial charge in [-0.25, -0.2) is 0 Å². The molecule has 1 aromatic carbocycles. The number of rotatable bonds is 4. The van der Waals surface area contributed by atoms with Crippen molar-refractivity contribution in [3.8, 4) is 0 Å². The summed E-state index contributed by atoms with van der Waals surface area (Å²) in [7, 11) is 0. The molecule has 0 spiro atoms. The largest absolute Gasteiger partial charge is 0.344 e. The quantitative estimate of drug-likeness (QED) is 0.845. The van der Waals surface area contributed by atoms with E-state index < -0.39 is 0 Å². The summed E-state index contributed by atoms with van der Waals surface area (Å²) in [5.41, 5.74) is 1.70. The summed E-state index contributed by atoms with van der Waals surface area (Å²) in [5.74, 6) is 0.599. The molecule has 5 nitrogen and oxygen atoms in total. The maximum atomic E-state index is 12.1. The van der Waals surface area contributed by atoms with E-state index in [0.29, 0.717) is 6.42 Å². The third-order valence-corrected chi connectivity index (χ3v) is 4.57. The van der Waals surface area contributed by atoms with Gasteiger partial charge in [-0.05, 0) is 12.5 Å². The minimum Gasteiger partial charge on any atom is -0.344 e. The van der Waals surface area contributed by atoms with Crippen molar-refractivity contribution in [3.63, 3.8) is 0 Å². The van der Waals surface area contributed by atoms with Crippen LogP contribution in [0.25, 0.3) is 10.9 Å². The molecule has 21 heavy (non-hydrogen) atoms. The Morgan fingerprint density at radius 1 is 1.48 bits per heavy atom. The fraction of sp³-hybridized carbons (Fsp3) is 0.267. The first-order valence-electron chi connectivity index (χ1n) is 6.73. The standard InChI is InChI=1S/C15H15N3O2S/c16-7-10-8-18(13-4-2-1-3-11(10)13)9-14(19)17-12-5-6-21-15(12)20/h1-4,7-8,12,16H,5-6,9H2,(H,17,19). The minimum atomic E-state index is -0.355. The lowest BCUT2D eigenvalue weighted by Crippen LogP contribution is -2.38. The van der Waals surface area contributed by atoms with E-state index in [9.17, 15) is 9.59 Å². The number of para-hydroxylation sites is 1. The van der Waals surface area contributed by atoms with Crippen LogP contribution in [0.4, 0.5) is 0 Å². The number of fused-ring (bicyclic) bond motifs is 1. The molecule has 6 heteroatoms. The molecule has 2 aromatic rings. The summed E-state index contributed by atoms with van der Waals surface area (Å²) in [6, 6.07) is 7.31. The Kier molecular flexibility index (Phi) is 3.79. The van der Waals surface area contributed by atoms with Crippen LogP contribution in [0.3, 0.4) is 0 Å². The van der Waals surface area contributed by atoms with Gasteiger partial charge in [0.2, 0.25) is 11.0 Å². The van der Waals surface area contributed by atoms with Crippen molar-refractivity contribution in [2.24, 2.45) is 0 Å². The Morgan fingerprint density at radius 2 is 2.29 bits per heavy atom. The van der Waals surface area contributed by atoms with Gasteiger partial charge in [-0.3, -0.25) is 9.59 Å². The van der Waals surface area contributed by atoms with Crippen LogP contribution in [0.2, 0.25) is 0 Å². The zero-order valence-electron chi connectivity index (χ0n) is 11.3. The molecule has 0 saturated carbocycles. The lowest BCUT2D eigenvalue weighted by Gasteiger charge is -2.11. The normalized spacial score (nSPS) is 18.1. The highest BCUT2D eigenvalue weighted by atomic mass is 32.2. The van der Waals surface area contributed by atoms with E-state index in [1.165, 1.54) is 18.0 Å². The topological polar surface area (TPSA) is 75.0 Å². The highest BCUT2D eigenvalue weighted by Crippen LogP contribution is 2.21. The summed E-state index contributed by atoms with van der Waals surface area (Å²) in [6.45, 7) is 0.156. The molecular weight excluding hydrogens is 286 g/mol. The molecule has 1 saturated heterocycles. The molecule has 0 aliphatic carbocycles. The fourth-order valence-electron chi connectivity index (χ4n) is 2.54. The molecule has 0 bridgehead atoms. The third kappa shape index (κ3) is 2.71. The Balaban J connectivity index is 1.80. The van der Waals surface area contributed by atoms with Gasteiger partial charge in [0, 0.05) is 34.6 Å². The predicted octanol–water partition coefficient (Wildman–Crippen LogP) is 1.79. The minimum absolute atomic E-state index is 0.0425. The lowest BCUT2D eigenvalue weighted by molar-refractivity contribution is -0.124. The number of nitrogens with one attached hydrogen (secondary N) is 2. The van der Waals surface area contributed by atoms with Crippen LogP contribution in [0, 0.1) is 5.41 Å². The van der Waals surface area contributed by atoms with Crippen LogP contribution in [0.1, 0.15) is 12.0 Å². The molecule has 108 valence electrons. The number of nitrogens with zero attached hydrogens (tertiary/aromatic N) is 1. The summed E-state index contributed by atoms with van der Waals surface area (Å²) in [6.07, 6.45) is 3.78. The van der Waals surface area contributed by atoms with Crippen LogP contribution >= 0.6 is 11.8 Å². The molecular formula is C15H15N3O2S. The first-order valence-corrected chi connectivity index (χ1v) is 7.72. The van der Waals surface area contributed by atoms with Gasteiger partial charge in [0.25, 0.3) is 0 Å². The first kappa shape index (κ1) is 13.9. The zero-order chi connectivity index (χ0) is 14.8. The van der Waals surface area contributed by atoms with Crippen molar-refractivity contribution in [3.05, 3.63) is 36.0 Å². The number of carbonyl (C=O) groups excluding carboxylic acids is 2. The fourth-order valence-corrected chi connectivity index (χ4v) is 3.48. The van der Waals surface area contributed by atoms with Crippen molar-refractivity contribution in [2.75, 3.05) is 5.75 Å². The Morgan fingerprint density at radius 3 is 3.00 bits per heavy atom. The second kappa shape index (κ2) is 5.73. The van der Waals surface area contributed by atoms with Gasteiger partial charge >= 0.3 is 0 Å². The number of thioether (sulfide) groups is 1. The SMILES string of the molecule is N=Cc1cn(CC(=O)NC2CCSC2=O)c2ccccc12. The molecule has 3 rings (SSSR count). The molecule has 1 aromatic heterocycles. The first-order chi connectivity index (χ1) is 10.2. The van der Waals surface area contributed by atoms with Crippen LogP contribution in [0.5, 0.6) is 0 Å². The Bertz CT molecular complexity index is 723. The zero-order valence-corrected chi connectivity index (χ0v) is 12.2. The van der Waals surface area contributed by atoms with Crippen LogP contribution in [0.15, 0.2) is 30.5 Å².